The molecule has 0 aliphatic carbocycles. The molecular weight excluding hydrogens is 332 g/mol. The Bertz CT molecular complexity index is 976. The van der Waals surface area contributed by atoms with Crippen LogP contribution in [0.1, 0.15) is 21.7 Å². The van der Waals surface area contributed by atoms with E-state index in [1.165, 1.54) is 47.1 Å². The SMILES string of the molecule is COc1cc(C(=O)O)ccc1OCc1cc(=O)n2c(C)csc2n1. The number of carboxylic acids is 1. The molecule has 7 nitrogen and oxygen atoms in total. The highest BCUT2D eigenvalue weighted by molar-refractivity contribution is 7.15. The number of aromatic carboxylic acids is 1. The van der Waals surface area contributed by atoms with Crippen molar-refractivity contribution in [3.8, 4) is 11.5 Å². The van der Waals surface area contributed by atoms with Crippen molar-refractivity contribution in [3.05, 3.63) is 57.0 Å². The van der Waals surface area contributed by atoms with Crippen LogP contribution in [0, 0.1) is 6.92 Å². The van der Waals surface area contributed by atoms with Gasteiger partial charge in [0.25, 0.3) is 5.56 Å². The number of benzene rings is 1. The summed E-state index contributed by atoms with van der Waals surface area (Å²) >= 11 is 1.38. The molecule has 1 N–H and O–H groups in total. The van der Waals surface area contributed by atoms with Gasteiger partial charge < -0.3 is 14.6 Å². The van der Waals surface area contributed by atoms with Crippen LogP contribution in [-0.4, -0.2) is 27.6 Å². The molecule has 2 aromatic heterocycles. The lowest BCUT2D eigenvalue weighted by molar-refractivity contribution is 0.0696. The summed E-state index contributed by atoms with van der Waals surface area (Å²) in [7, 11) is 1.43. The number of aromatic nitrogens is 2. The Kier molecular flexibility index (Phi) is 4.22. The van der Waals surface area contributed by atoms with Crippen molar-refractivity contribution in [1.82, 2.24) is 9.38 Å². The van der Waals surface area contributed by atoms with Crippen molar-refractivity contribution in [2.75, 3.05) is 7.11 Å². The third kappa shape index (κ3) is 2.95. The van der Waals surface area contributed by atoms with Gasteiger partial charge in [0.2, 0.25) is 0 Å². The molecule has 0 bridgehead atoms. The number of nitrogens with zero attached hydrogens (tertiary/aromatic N) is 2. The van der Waals surface area contributed by atoms with E-state index in [9.17, 15) is 9.59 Å². The first kappa shape index (κ1) is 16.0. The van der Waals surface area contributed by atoms with E-state index in [0.717, 1.165) is 5.69 Å². The Balaban J connectivity index is 1.86. The van der Waals surface area contributed by atoms with E-state index in [0.29, 0.717) is 22.2 Å². The molecule has 0 fully saturated rings. The lowest BCUT2D eigenvalue weighted by atomic mass is 10.2. The number of hydrogen-bond acceptors (Lipinski definition) is 6. The fraction of sp³-hybridized carbons (Fsp3) is 0.188. The standard InChI is InChI=1S/C16H14N2O5S/c1-9-8-24-16-17-11(6-14(19)18(9)16)7-23-12-4-3-10(15(20)21)5-13(12)22-2/h3-6,8H,7H2,1-2H3,(H,20,21). The molecule has 0 spiro atoms. The molecule has 0 amide bonds. The predicted molar refractivity (Wildman–Crippen MR) is 88.4 cm³/mol. The summed E-state index contributed by atoms with van der Waals surface area (Å²) in [5.74, 6) is -0.361. The lowest BCUT2D eigenvalue weighted by Gasteiger charge is -2.11. The van der Waals surface area contributed by atoms with Crippen molar-refractivity contribution in [2.45, 2.75) is 13.5 Å². The van der Waals surface area contributed by atoms with Gasteiger partial charge in [-0.05, 0) is 25.1 Å². The minimum atomic E-state index is -1.05. The molecule has 124 valence electrons. The second-order valence-electron chi connectivity index (χ2n) is 5.04. The molecule has 1 aromatic carbocycles. The van der Waals surface area contributed by atoms with Crippen molar-refractivity contribution in [3.63, 3.8) is 0 Å². The van der Waals surface area contributed by atoms with Crippen LogP contribution in [0.15, 0.2) is 34.4 Å². The fourth-order valence-electron chi connectivity index (χ4n) is 2.25. The number of hydrogen-bond donors (Lipinski definition) is 1. The van der Waals surface area contributed by atoms with E-state index in [4.69, 9.17) is 14.6 Å². The third-order valence-electron chi connectivity index (χ3n) is 3.41. The van der Waals surface area contributed by atoms with E-state index in [1.807, 2.05) is 12.3 Å². The summed E-state index contributed by atoms with van der Waals surface area (Å²) in [4.78, 5) is 28.1. The molecule has 0 radical (unpaired) electrons. The first-order valence-corrected chi connectivity index (χ1v) is 7.88. The van der Waals surface area contributed by atoms with Crippen LogP contribution < -0.4 is 15.0 Å². The molecule has 0 saturated heterocycles. The zero-order valence-electron chi connectivity index (χ0n) is 13.0. The van der Waals surface area contributed by atoms with Gasteiger partial charge >= 0.3 is 5.97 Å². The first-order valence-electron chi connectivity index (χ1n) is 7.00. The molecule has 24 heavy (non-hydrogen) atoms. The van der Waals surface area contributed by atoms with Crippen LogP contribution in [0.25, 0.3) is 4.96 Å². The highest BCUT2D eigenvalue weighted by Gasteiger charge is 2.12. The van der Waals surface area contributed by atoms with Crippen molar-refractivity contribution in [2.24, 2.45) is 0 Å². The maximum Gasteiger partial charge on any atom is 0.335 e. The Hall–Kier alpha value is -2.87. The van der Waals surface area contributed by atoms with E-state index >= 15 is 0 Å². The van der Waals surface area contributed by atoms with Gasteiger partial charge in [0.15, 0.2) is 16.5 Å². The number of fused-ring (bicyclic) bond motifs is 1. The van der Waals surface area contributed by atoms with Crippen molar-refractivity contribution in [1.29, 1.82) is 0 Å². The van der Waals surface area contributed by atoms with E-state index < -0.39 is 5.97 Å². The van der Waals surface area contributed by atoms with Crippen molar-refractivity contribution < 1.29 is 19.4 Å². The molecule has 8 heteroatoms. The highest BCUT2D eigenvalue weighted by atomic mass is 32.1. The second kappa shape index (κ2) is 6.32. The van der Waals surface area contributed by atoms with Gasteiger partial charge in [0.1, 0.15) is 6.61 Å². The summed E-state index contributed by atoms with van der Waals surface area (Å²) < 4.78 is 12.3. The summed E-state index contributed by atoms with van der Waals surface area (Å²) in [5.41, 5.74) is 1.27. The van der Waals surface area contributed by atoms with Crippen LogP contribution in [0.3, 0.4) is 0 Å². The number of methoxy groups -OCH3 is 1. The maximum atomic E-state index is 12.1. The van der Waals surface area contributed by atoms with Crippen molar-refractivity contribution >= 4 is 22.3 Å². The number of ether oxygens (including phenoxy) is 2. The van der Waals surface area contributed by atoms with Gasteiger partial charge in [-0.15, -0.1) is 11.3 Å². The van der Waals surface area contributed by atoms with Crippen LogP contribution >= 0.6 is 11.3 Å². The number of carbonyl (C=O) groups is 1. The Morgan fingerprint density at radius 2 is 2.12 bits per heavy atom. The summed E-state index contributed by atoms with van der Waals surface area (Å²) in [5, 5.41) is 10.9. The van der Waals surface area contributed by atoms with E-state index in [-0.39, 0.29) is 17.7 Å². The number of aryl methyl sites for hydroxylation is 1. The number of carboxylic acid groups (broad SMARTS) is 1. The number of rotatable bonds is 5. The summed E-state index contributed by atoms with van der Waals surface area (Å²) in [6, 6.07) is 5.74. The largest absolute Gasteiger partial charge is 0.493 e. The third-order valence-corrected chi connectivity index (χ3v) is 4.36. The average Bonchev–Trinajstić information content (AvgIpc) is 2.94. The van der Waals surface area contributed by atoms with E-state index in [1.54, 1.807) is 0 Å². The van der Waals surface area contributed by atoms with Crippen LogP contribution in [0.4, 0.5) is 0 Å². The van der Waals surface area contributed by atoms with Gasteiger partial charge in [-0.2, -0.15) is 0 Å². The molecular formula is C16H14N2O5S. The van der Waals surface area contributed by atoms with Crippen LogP contribution in [0.5, 0.6) is 11.5 Å². The van der Waals surface area contributed by atoms with Crippen LogP contribution in [0.2, 0.25) is 0 Å². The fourth-order valence-corrected chi connectivity index (χ4v) is 3.14. The summed E-state index contributed by atoms with van der Waals surface area (Å²) in [6.45, 7) is 1.92. The molecule has 2 heterocycles. The molecule has 0 atom stereocenters. The minimum absolute atomic E-state index is 0.0749. The summed E-state index contributed by atoms with van der Waals surface area (Å²) in [6.07, 6.45) is 0. The van der Waals surface area contributed by atoms with Crippen LogP contribution in [-0.2, 0) is 6.61 Å². The quantitative estimate of drug-likeness (QED) is 0.763. The second-order valence-corrected chi connectivity index (χ2v) is 5.88. The lowest BCUT2D eigenvalue weighted by Crippen LogP contribution is -2.16. The van der Waals surface area contributed by atoms with Gasteiger partial charge in [0.05, 0.1) is 18.4 Å². The molecule has 3 rings (SSSR count). The topological polar surface area (TPSA) is 90.1 Å². The minimum Gasteiger partial charge on any atom is -0.493 e. The van der Waals surface area contributed by atoms with E-state index in [2.05, 4.69) is 4.98 Å². The van der Waals surface area contributed by atoms with Gasteiger partial charge in [-0.3, -0.25) is 9.20 Å². The average molecular weight is 346 g/mol. The molecule has 0 saturated carbocycles. The normalized spacial score (nSPS) is 10.8. The molecule has 0 unspecified atom stereocenters. The molecule has 0 aliphatic rings. The Morgan fingerprint density at radius 1 is 1.33 bits per heavy atom. The van der Waals surface area contributed by atoms with Gasteiger partial charge in [-0.25, -0.2) is 9.78 Å². The number of thiazole rings is 1. The zero-order valence-corrected chi connectivity index (χ0v) is 13.8. The molecule has 3 aromatic rings. The Labute approximate surface area is 140 Å². The zero-order chi connectivity index (χ0) is 17.3. The molecule has 0 aliphatic heterocycles. The van der Waals surface area contributed by atoms with Gasteiger partial charge in [-0.1, -0.05) is 0 Å². The van der Waals surface area contributed by atoms with Gasteiger partial charge in [0, 0.05) is 17.1 Å². The predicted octanol–water partition coefficient (Wildman–Crippen LogP) is 2.35. The Morgan fingerprint density at radius 3 is 2.83 bits per heavy atom. The highest BCUT2D eigenvalue weighted by Crippen LogP contribution is 2.28. The maximum absolute atomic E-state index is 12.1. The first-order chi connectivity index (χ1) is 11.5. The monoisotopic (exact) mass is 346 g/mol. The smallest absolute Gasteiger partial charge is 0.335 e.